The van der Waals surface area contributed by atoms with Gasteiger partial charge in [-0.05, 0) is 39.5 Å². The largest absolute Gasteiger partial charge is 0.381 e. The second-order valence-electron chi connectivity index (χ2n) is 6.80. The molecule has 1 amide bonds. The summed E-state index contributed by atoms with van der Waals surface area (Å²) >= 11 is 0. The topological polar surface area (TPSA) is 66.0 Å². The molecular weight excluding hydrogens is 280 g/mol. The third kappa shape index (κ3) is 4.60. The van der Waals surface area contributed by atoms with Crippen LogP contribution >= 0.6 is 0 Å². The second kappa shape index (κ2) is 7.81. The van der Waals surface area contributed by atoms with Gasteiger partial charge in [0.15, 0.2) is 5.96 Å². The summed E-state index contributed by atoms with van der Waals surface area (Å²) in [6, 6.07) is 0.161. The van der Waals surface area contributed by atoms with Crippen LogP contribution in [-0.4, -0.2) is 62.7 Å². The summed E-state index contributed by atoms with van der Waals surface area (Å²) in [5, 5.41) is 6.08. The highest BCUT2D eigenvalue weighted by Gasteiger charge is 2.38. The number of ether oxygens (including phenoxy) is 1. The van der Waals surface area contributed by atoms with Crippen LogP contribution in [0.1, 0.15) is 39.5 Å². The van der Waals surface area contributed by atoms with E-state index < -0.39 is 0 Å². The number of amides is 1. The molecule has 2 rings (SSSR count). The molecule has 2 fully saturated rings. The fourth-order valence-electron chi connectivity index (χ4n) is 3.49. The minimum atomic E-state index is 0.00359. The van der Waals surface area contributed by atoms with E-state index in [1.807, 2.05) is 13.8 Å². The van der Waals surface area contributed by atoms with Gasteiger partial charge in [0.25, 0.3) is 0 Å². The van der Waals surface area contributed by atoms with E-state index in [0.717, 1.165) is 45.1 Å². The standard InChI is InChI=1S/C16H30N4O2/c1-13(2)19-14(21)10-18-15(17-3)20-8-4-6-16(11-20)7-5-9-22-12-16/h13H,4-12H2,1-3H3,(H,17,18)(H,19,21). The number of aliphatic imine (C=N–C) groups is 1. The van der Waals surface area contributed by atoms with Crippen molar-refractivity contribution >= 4 is 11.9 Å². The number of piperidine rings is 1. The van der Waals surface area contributed by atoms with E-state index in [1.165, 1.54) is 12.8 Å². The van der Waals surface area contributed by atoms with Crippen LogP contribution in [0, 0.1) is 5.41 Å². The lowest BCUT2D eigenvalue weighted by Crippen LogP contribution is -2.54. The van der Waals surface area contributed by atoms with Gasteiger partial charge >= 0.3 is 0 Å². The first-order chi connectivity index (χ1) is 10.5. The molecule has 0 bridgehead atoms. The van der Waals surface area contributed by atoms with Crippen LogP contribution in [-0.2, 0) is 9.53 Å². The number of rotatable bonds is 3. The Kier molecular flexibility index (Phi) is 6.06. The van der Waals surface area contributed by atoms with Crippen molar-refractivity contribution in [2.75, 3.05) is 39.9 Å². The molecule has 6 nitrogen and oxygen atoms in total. The normalized spacial score (nSPS) is 26.4. The smallest absolute Gasteiger partial charge is 0.239 e. The van der Waals surface area contributed by atoms with E-state index in [4.69, 9.17) is 4.74 Å². The summed E-state index contributed by atoms with van der Waals surface area (Å²) in [5.74, 6) is 0.826. The first-order valence-corrected chi connectivity index (χ1v) is 8.37. The summed E-state index contributed by atoms with van der Waals surface area (Å²) in [6.45, 7) is 7.91. The highest BCUT2D eigenvalue weighted by molar-refractivity contribution is 5.86. The molecule has 0 aromatic rings. The van der Waals surface area contributed by atoms with Gasteiger partial charge in [-0.1, -0.05) is 0 Å². The third-order valence-electron chi connectivity index (χ3n) is 4.43. The van der Waals surface area contributed by atoms with Crippen molar-refractivity contribution in [3.8, 4) is 0 Å². The third-order valence-corrected chi connectivity index (χ3v) is 4.43. The molecule has 2 aliphatic heterocycles. The Morgan fingerprint density at radius 2 is 2.14 bits per heavy atom. The van der Waals surface area contributed by atoms with Gasteiger partial charge in [0, 0.05) is 38.2 Å². The molecule has 1 unspecified atom stereocenters. The van der Waals surface area contributed by atoms with Gasteiger partial charge < -0.3 is 20.3 Å². The van der Waals surface area contributed by atoms with Crippen LogP contribution in [0.2, 0.25) is 0 Å². The van der Waals surface area contributed by atoms with Gasteiger partial charge in [-0.25, -0.2) is 0 Å². The molecule has 126 valence electrons. The lowest BCUT2D eigenvalue weighted by Gasteiger charge is -2.45. The number of likely N-dealkylation sites (tertiary alicyclic amines) is 1. The van der Waals surface area contributed by atoms with Crippen molar-refractivity contribution in [1.82, 2.24) is 15.5 Å². The number of nitrogens with zero attached hydrogens (tertiary/aromatic N) is 2. The molecule has 1 spiro atoms. The van der Waals surface area contributed by atoms with E-state index in [-0.39, 0.29) is 23.9 Å². The van der Waals surface area contributed by atoms with Crippen molar-refractivity contribution in [3.05, 3.63) is 0 Å². The van der Waals surface area contributed by atoms with Crippen molar-refractivity contribution in [3.63, 3.8) is 0 Å². The molecule has 2 heterocycles. The SMILES string of the molecule is CN=C(NCC(=O)NC(C)C)N1CCCC2(CCCOC2)C1. The first kappa shape index (κ1) is 17.1. The van der Waals surface area contributed by atoms with Gasteiger partial charge in [0.1, 0.15) is 0 Å². The zero-order valence-electron chi connectivity index (χ0n) is 14.2. The predicted octanol–water partition coefficient (Wildman–Crippen LogP) is 0.979. The molecule has 1 atom stereocenters. The average Bonchev–Trinajstić information content (AvgIpc) is 2.48. The Bertz CT molecular complexity index is 397. The summed E-state index contributed by atoms with van der Waals surface area (Å²) in [7, 11) is 1.78. The number of carbonyl (C=O) groups is 1. The van der Waals surface area contributed by atoms with Gasteiger partial charge in [-0.3, -0.25) is 9.79 Å². The van der Waals surface area contributed by atoms with E-state index >= 15 is 0 Å². The van der Waals surface area contributed by atoms with Crippen molar-refractivity contribution in [2.24, 2.45) is 10.4 Å². The quantitative estimate of drug-likeness (QED) is 0.602. The summed E-state index contributed by atoms with van der Waals surface area (Å²) in [5.41, 5.74) is 0.272. The zero-order valence-corrected chi connectivity index (χ0v) is 14.2. The van der Waals surface area contributed by atoms with E-state index in [9.17, 15) is 4.79 Å². The predicted molar refractivity (Wildman–Crippen MR) is 87.9 cm³/mol. The van der Waals surface area contributed by atoms with E-state index in [1.54, 1.807) is 7.05 Å². The summed E-state index contributed by atoms with van der Waals surface area (Å²) < 4.78 is 5.72. The Balaban J connectivity index is 1.89. The molecule has 0 radical (unpaired) electrons. The molecule has 0 aliphatic carbocycles. The number of guanidine groups is 1. The average molecular weight is 310 g/mol. The molecular formula is C16H30N4O2. The Morgan fingerprint density at radius 1 is 1.36 bits per heavy atom. The van der Waals surface area contributed by atoms with Crippen LogP contribution in [0.25, 0.3) is 0 Å². The highest BCUT2D eigenvalue weighted by Crippen LogP contribution is 2.37. The zero-order chi connectivity index (χ0) is 16.0. The Hall–Kier alpha value is -1.30. The Labute approximate surface area is 133 Å². The van der Waals surface area contributed by atoms with Crippen molar-refractivity contribution < 1.29 is 9.53 Å². The number of carbonyl (C=O) groups excluding carboxylic acids is 1. The molecule has 0 saturated carbocycles. The van der Waals surface area contributed by atoms with Crippen LogP contribution in [0.4, 0.5) is 0 Å². The summed E-state index contributed by atoms with van der Waals surface area (Å²) in [6.07, 6.45) is 4.77. The van der Waals surface area contributed by atoms with Crippen LogP contribution in [0.5, 0.6) is 0 Å². The monoisotopic (exact) mass is 310 g/mol. The maximum Gasteiger partial charge on any atom is 0.239 e. The van der Waals surface area contributed by atoms with Crippen molar-refractivity contribution in [1.29, 1.82) is 0 Å². The molecule has 2 aliphatic rings. The number of hydrogen-bond donors (Lipinski definition) is 2. The molecule has 2 saturated heterocycles. The van der Waals surface area contributed by atoms with Crippen LogP contribution in [0.3, 0.4) is 0 Å². The van der Waals surface area contributed by atoms with Gasteiger partial charge in [-0.2, -0.15) is 0 Å². The fraction of sp³-hybridized carbons (Fsp3) is 0.875. The number of nitrogens with one attached hydrogen (secondary N) is 2. The Morgan fingerprint density at radius 3 is 2.77 bits per heavy atom. The van der Waals surface area contributed by atoms with E-state index in [2.05, 4.69) is 20.5 Å². The first-order valence-electron chi connectivity index (χ1n) is 8.37. The lowest BCUT2D eigenvalue weighted by molar-refractivity contribution is -0.120. The minimum absolute atomic E-state index is 0.00359. The minimum Gasteiger partial charge on any atom is -0.381 e. The fourth-order valence-corrected chi connectivity index (χ4v) is 3.49. The molecule has 22 heavy (non-hydrogen) atoms. The number of hydrogen-bond acceptors (Lipinski definition) is 3. The van der Waals surface area contributed by atoms with Crippen LogP contribution in [0.15, 0.2) is 4.99 Å². The maximum atomic E-state index is 11.8. The lowest BCUT2D eigenvalue weighted by atomic mass is 9.76. The molecule has 6 heteroatoms. The highest BCUT2D eigenvalue weighted by atomic mass is 16.5. The molecule has 2 N–H and O–H groups in total. The van der Waals surface area contributed by atoms with E-state index in [0.29, 0.717) is 0 Å². The summed E-state index contributed by atoms with van der Waals surface area (Å²) in [4.78, 5) is 18.4. The second-order valence-corrected chi connectivity index (χ2v) is 6.80. The van der Waals surface area contributed by atoms with Gasteiger partial charge in [0.2, 0.25) is 5.91 Å². The molecule has 0 aromatic heterocycles. The van der Waals surface area contributed by atoms with Gasteiger partial charge in [-0.15, -0.1) is 0 Å². The maximum absolute atomic E-state index is 11.8. The molecule has 0 aromatic carbocycles. The van der Waals surface area contributed by atoms with Crippen LogP contribution < -0.4 is 10.6 Å². The van der Waals surface area contributed by atoms with Crippen molar-refractivity contribution in [2.45, 2.75) is 45.6 Å². The van der Waals surface area contributed by atoms with Gasteiger partial charge in [0.05, 0.1) is 13.2 Å².